The van der Waals surface area contributed by atoms with Crippen LogP contribution in [0.25, 0.3) is 0 Å². The van der Waals surface area contributed by atoms with E-state index in [1.165, 1.54) is 0 Å². The minimum Gasteiger partial charge on any atom is -0.396 e. The predicted molar refractivity (Wildman–Crippen MR) is 36.4 cm³/mol. The minimum absolute atomic E-state index is 0.257. The van der Waals surface area contributed by atoms with Crippen LogP contribution in [0.5, 0.6) is 0 Å². The monoisotopic (exact) mass is 177 g/mol. The lowest BCUT2D eigenvalue weighted by atomic mass is 10.3. The van der Waals surface area contributed by atoms with Crippen molar-refractivity contribution in [2.45, 2.75) is 6.42 Å². The van der Waals surface area contributed by atoms with Gasteiger partial charge in [-0.05, 0) is 6.54 Å². The zero-order chi connectivity index (χ0) is 7.90. The summed E-state index contributed by atoms with van der Waals surface area (Å²) >= 11 is 0. The summed E-state index contributed by atoms with van der Waals surface area (Å²) in [6, 6.07) is 0. The van der Waals surface area contributed by atoms with Crippen molar-refractivity contribution >= 4 is 7.82 Å². The van der Waals surface area contributed by atoms with Gasteiger partial charge in [0.2, 0.25) is 0 Å². The third-order valence-electron chi connectivity index (χ3n) is 1.48. The summed E-state index contributed by atoms with van der Waals surface area (Å²) in [6.45, 7) is 0.717. The third kappa shape index (κ3) is 1.05. The van der Waals surface area contributed by atoms with Crippen LogP contribution >= 0.6 is 7.82 Å². The van der Waals surface area contributed by atoms with Crippen molar-refractivity contribution in [3.05, 3.63) is 11.5 Å². The van der Waals surface area contributed by atoms with Gasteiger partial charge in [-0.1, -0.05) is 0 Å². The van der Waals surface area contributed by atoms with E-state index in [4.69, 9.17) is 19.3 Å². The van der Waals surface area contributed by atoms with Gasteiger partial charge in [0.05, 0.1) is 0 Å². The number of nitrogens with two attached hydrogens (primary N) is 1. The Hall–Kier alpha value is -0.510. The summed E-state index contributed by atoms with van der Waals surface area (Å²) in [5.74, 6) is 1.13. The maximum atomic E-state index is 11.2. The molecule has 2 N–H and O–H groups in total. The van der Waals surface area contributed by atoms with Crippen molar-refractivity contribution in [3.63, 3.8) is 0 Å². The van der Waals surface area contributed by atoms with Gasteiger partial charge in [0.25, 0.3) is 0 Å². The molecule has 0 radical (unpaired) electrons. The smallest absolute Gasteiger partial charge is 0.396 e. The van der Waals surface area contributed by atoms with Crippen molar-refractivity contribution < 1.29 is 18.1 Å². The highest BCUT2D eigenvalue weighted by molar-refractivity contribution is 7.49. The Balaban J connectivity index is 2.19. The van der Waals surface area contributed by atoms with Gasteiger partial charge in [0, 0.05) is 6.42 Å². The molecule has 0 aromatic heterocycles. The zero-order valence-corrected chi connectivity index (χ0v) is 6.67. The third-order valence-corrected chi connectivity index (χ3v) is 2.81. The molecule has 0 aromatic rings. The lowest BCUT2D eigenvalue weighted by Gasteiger charge is -2.07. The maximum absolute atomic E-state index is 11.2. The van der Waals surface area contributed by atoms with Crippen LogP contribution in [0.2, 0.25) is 0 Å². The van der Waals surface area contributed by atoms with Gasteiger partial charge < -0.3 is 14.8 Å². The van der Waals surface area contributed by atoms with Crippen molar-refractivity contribution in [1.29, 1.82) is 0 Å². The Labute approximate surface area is 63.7 Å². The SMILES string of the molecule is NCCC1=C2COP(=O)(O1)O2. The standard InChI is InChI=1S/C5H8NO4P/c6-2-1-4-5-3-8-11(7,9-4)10-5/h1-3,6H2. The second-order valence-corrected chi connectivity index (χ2v) is 3.81. The van der Waals surface area contributed by atoms with Crippen LogP contribution in [0, 0.1) is 0 Å². The Kier molecular flexibility index (Phi) is 1.45. The van der Waals surface area contributed by atoms with Crippen molar-refractivity contribution in [2.75, 3.05) is 13.2 Å². The Morgan fingerprint density at radius 3 is 2.82 bits per heavy atom. The molecule has 1 atom stereocenters. The van der Waals surface area contributed by atoms with E-state index in [2.05, 4.69) is 0 Å². The highest BCUT2D eigenvalue weighted by Gasteiger charge is 2.46. The molecule has 2 aliphatic heterocycles. The second-order valence-electron chi connectivity index (χ2n) is 2.29. The molecule has 5 nitrogen and oxygen atoms in total. The average molecular weight is 177 g/mol. The van der Waals surface area contributed by atoms with Crippen LogP contribution in [-0.2, 0) is 18.1 Å². The van der Waals surface area contributed by atoms with Crippen molar-refractivity contribution in [3.8, 4) is 0 Å². The molecule has 0 aliphatic carbocycles. The molecule has 11 heavy (non-hydrogen) atoms. The van der Waals surface area contributed by atoms with Crippen LogP contribution in [0.1, 0.15) is 6.42 Å². The molecule has 0 saturated carbocycles. The molecule has 0 spiro atoms. The highest BCUT2D eigenvalue weighted by Crippen LogP contribution is 2.63. The fourth-order valence-electron chi connectivity index (χ4n) is 1.00. The molecule has 1 fully saturated rings. The number of rotatable bonds is 2. The summed E-state index contributed by atoms with van der Waals surface area (Å²) < 4.78 is 25.6. The van der Waals surface area contributed by atoms with Gasteiger partial charge in [0.1, 0.15) is 6.61 Å². The Bertz CT molecular complexity index is 261. The molecule has 2 rings (SSSR count). The maximum Gasteiger partial charge on any atom is 0.587 e. The van der Waals surface area contributed by atoms with Crippen molar-refractivity contribution in [1.82, 2.24) is 0 Å². The van der Waals surface area contributed by atoms with Crippen LogP contribution in [0.15, 0.2) is 11.5 Å². The van der Waals surface area contributed by atoms with Crippen LogP contribution in [-0.4, -0.2) is 13.2 Å². The summed E-state index contributed by atoms with van der Waals surface area (Å²) in [5.41, 5.74) is 5.28. The molecule has 1 saturated heterocycles. The molecular weight excluding hydrogens is 169 g/mol. The first-order valence-electron chi connectivity index (χ1n) is 3.29. The van der Waals surface area contributed by atoms with Gasteiger partial charge in [-0.3, -0.25) is 4.52 Å². The van der Waals surface area contributed by atoms with Crippen molar-refractivity contribution in [2.24, 2.45) is 5.73 Å². The van der Waals surface area contributed by atoms with Crippen LogP contribution < -0.4 is 5.73 Å². The topological polar surface area (TPSA) is 70.8 Å². The fraction of sp³-hybridized carbons (Fsp3) is 0.600. The molecule has 2 bridgehead atoms. The van der Waals surface area contributed by atoms with E-state index in [1.54, 1.807) is 0 Å². The van der Waals surface area contributed by atoms with E-state index < -0.39 is 7.82 Å². The molecule has 2 aliphatic rings. The fourth-order valence-corrected chi connectivity index (χ4v) is 2.31. The zero-order valence-electron chi connectivity index (χ0n) is 5.78. The predicted octanol–water partition coefficient (Wildman–Crippen LogP) is 0.732. The Morgan fingerprint density at radius 2 is 2.36 bits per heavy atom. The van der Waals surface area contributed by atoms with Gasteiger partial charge >= 0.3 is 7.82 Å². The highest BCUT2D eigenvalue weighted by atomic mass is 31.2. The van der Waals surface area contributed by atoms with Gasteiger partial charge in [-0.2, -0.15) is 0 Å². The summed E-state index contributed by atoms with van der Waals surface area (Å²) in [6.07, 6.45) is 0.558. The second kappa shape index (κ2) is 2.24. The number of phosphoric acid groups is 1. The number of hydrogen-bond donors (Lipinski definition) is 1. The van der Waals surface area contributed by atoms with E-state index in [1.807, 2.05) is 0 Å². The van der Waals surface area contributed by atoms with Gasteiger partial charge in [0.15, 0.2) is 11.5 Å². The van der Waals surface area contributed by atoms with E-state index >= 15 is 0 Å². The summed E-state index contributed by atoms with van der Waals surface area (Å²) in [4.78, 5) is 0. The van der Waals surface area contributed by atoms with E-state index in [0.29, 0.717) is 24.5 Å². The van der Waals surface area contributed by atoms with E-state index in [-0.39, 0.29) is 6.61 Å². The first-order valence-corrected chi connectivity index (χ1v) is 4.75. The molecule has 1 unspecified atom stereocenters. The Morgan fingerprint density at radius 1 is 1.55 bits per heavy atom. The number of hydrogen-bond acceptors (Lipinski definition) is 5. The van der Waals surface area contributed by atoms with E-state index in [9.17, 15) is 4.57 Å². The lowest BCUT2D eigenvalue weighted by Crippen LogP contribution is -2.04. The normalized spacial score (nSPS) is 33.9. The largest absolute Gasteiger partial charge is 0.587 e. The quantitative estimate of drug-likeness (QED) is 0.629. The van der Waals surface area contributed by atoms with E-state index in [0.717, 1.165) is 0 Å². The lowest BCUT2D eigenvalue weighted by molar-refractivity contribution is 0.240. The van der Waals surface area contributed by atoms with Crippen LogP contribution in [0.3, 0.4) is 0 Å². The molecule has 6 heteroatoms. The summed E-state index contributed by atoms with van der Waals surface area (Å²) in [5, 5.41) is 0. The molecule has 0 aromatic carbocycles. The molecule has 2 heterocycles. The van der Waals surface area contributed by atoms with Gasteiger partial charge in [-0.15, -0.1) is 0 Å². The molecule has 0 amide bonds. The summed E-state index contributed by atoms with van der Waals surface area (Å²) in [7, 11) is -3.19. The first kappa shape index (κ1) is 7.16. The van der Waals surface area contributed by atoms with Crippen LogP contribution in [0.4, 0.5) is 0 Å². The first-order chi connectivity index (χ1) is 5.23. The number of fused-ring (bicyclic) bond motifs is 2. The number of phosphoric ester groups is 1. The molecular formula is C5H8NO4P. The van der Waals surface area contributed by atoms with Gasteiger partial charge in [-0.25, -0.2) is 4.57 Å². The average Bonchev–Trinajstić information content (AvgIpc) is 2.43. The minimum atomic E-state index is -3.19. The molecule has 62 valence electrons.